The summed E-state index contributed by atoms with van der Waals surface area (Å²) in [4.78, 5) is 11.8. The minimum absolute atomic E-state index is 0.0266. The predicted molar refractivity (Wildman–Crippen MR) is 92.2 cm³/mol. The summed E-state index contributed by atoms with van der Waals surface area (Å²) >= 11 is 3.46. The van der Waals surface area contributed by atoms with Crippen LogP contribution in [0.25, 0.3) is 0 Å². The molecule has 0 aliphatic heterocycles. The number of aryl methyl sites for hydroxylation is 1. The van der Waals surface area contributed by atoms with Gasteiger partial charge in [-0.1, -0.05) is 43.3 Å². The molecule has 0 saturated heterocycles. The molecule has 0 bridgehead atoms. The first-order chi connectivity index (χ1) is 10.7. The summed E-state index contributed by atoms with van der Waals surface area (Å²) in [5, 5.41) is 2.86. The van der Waals surface area contributed by atoms with Crippen molar-refractivity contribution in [2.45, 2.75) is 19.8 Å². The number of nitrogens with one attached hydrogen (secondary N) is 1. The molecule has 0 aliphatic rings. The fraction of sp³-hybridized carbons (Fsp3) is 0.278. The van der Waals surface area contributed by atoms with Crippen molar-refractivity contribution in [2.24, 2.45) is 0 Å². The van der Waals surface area contributed by atoms with Gasteiger partial charge in [-0.25, -0.2) is 0 Å². The van der Waals surface area contributed by atoms with Crippen molar-refractivity contribution in [1.29, 1.82) is 0 Å². The lowest BCUT2D eigenvalue weighted by Gasteiger charge is -2.10. The Bertz CT molecular complexity index is 614. The Hall–Kier alpha value is -1.81. The van der Waals surface area contributed by atoms with Crippen molar-refractivity contribution in [3.63, 3.8) is 0 Å². The van der Waals surface area contributed by atoms with Crippen molar-refractivity contribution in [1.82, 2.24) is 5.32 Å². The van der Waals surface area contributed by atoms with Crippen LogP contribution < -0.4 is 10.1 Å². The molecule has 2 aromatic carbocycles. The van der Waals surface area contributed by atoms with E-state index in [1.54, 1.807) is 0 Å². The second kappa shape index (κ2) is 8.59. The Labute approximate surface area is 139 Å². The molecule has 0 aliphatic carbocycles. The Balaban J connectivity index is 1.73. The van der Waals surface area contributed by atoms with Gasteiger partial charge in [0.1, 0.15) is 5.75 Å². The van der Waals surface area contributed by atoms with Crippen LogP contribution in [0, 0.1) is 0 Å². The molecule has 0 fully saturated rings. The van der Waals surface area contributed by atoms with Gasteiger partial charge in [0.15, 0.2) is 6.61 Å². The molecule has 116 valence electrons. The fourth-order valence-electron chi connectivity index (χ4n) is 2.07. The van der Waals surface area contributed by atoms with Crippen LogP contribution in [0.3, 0.4) is 0 Å². The lowest BCUT2D eigenvalue weighted by molar-refractivity contribution is -0.123. The van der Waals surface area contributed by atoms with Crippen molar-refractivity contribution in [2.75, 3.05) is 13.2 Å². The zero-order chi connectivity index (χ0) is 15.8. The number of rotatable bonds is 7. The molecule has 0 atom stereocenters. The summed E-state index contributed by atoms with van der Waals surface area (Å²) < 4.78 is 6.42. The molecular weight excluding hydrogens is 342 g/mol. The Morgan fingerprint density at radius 1 is 1.14 bits per heavy atom. The Morgan fingerprint density at radius 3 is 2.59 bits per heavy atom. The van der Waals surface area contributed by atoms with Crippen LogP contribution in [0.1, 0.15) is 18.1 Å². The molecule has 2 rings (SSSR count). The van der Waals surface area contributed by atoms with Gasteiger partial charge in [0, 0.05) is 6.54 Å². The van der Waals surface area contributed by atoms with E-state index < -0.39 is 0 Å². The van der Waals surface area contributed by atoms with E-state index in [2.05, 4.69) is 40.3 Å². The predicted octanol–water partition coefficient (Wildman–Crippen LogP) is 3.75. The van der Waals surface area contributed by atoms with Crippen LogP contribution >= 0.6 is 15.9 Å². The first-order valence-electron chi connectivity index (χ1n) is 7.41. The fourth-order valence-corrected chi connectivity index (χ4v) is 2.61. The van der Waals surface area contributed by atoms with E-state index >= 15 is 0 Å². The average molecular weight is 362 g/mol. The molecule has 1 amide bonds. The molecule has 0 radical (unpaired) electrons. The Kier molecular flexibility index (Phi) is 6.46. The Morgan fingerprint density at radius 2 is 1.91 bits per heavy atom. The van der Waals surface area contributed by atoms with Crippen molar-refractivity contribution < 1.29 is 9.53 Å². The maximum atomic E-state index is 11.8. The number of hydrogen-bond donors (Lipinski definition) is 1. The third-order valence-electron chi connectivity index (χ3n) is 3.34. The highest BCUT2D eigenvalue weighted by atomic mass is 79.9. The molecule has 0 aromatic heterocycles. The number of carbonyl (C=O) groups is 1. The van der Waals surface area contributed by atoms with Gasteiger partial charge in [-0.2, -0.15) is 0 Å². The first-order valence-corrected chi connectivity index (χ1v) is 8.20. The van der Waals surface area contributed by atoms with E-state index in [1.165, 1.54) is 11.1 Å². The normalized spacial score (nSPS) is 10.3. The maximum absolute atomic E-state index is 11.8. The molecular formula is C18H20BrNO2. The van der Waals surface area contributed by atoms with Crippen molar-refractivity contribution in [3.8, 4) is 5.75 Å². The zero-order valence-electron chi connectivity index (χ0n) is 12.6. The van der Waals surface area contributed by atoms with E-state index in [1.807, 2.05) is 36.4 Å². The van der Waals surface area contributed by atoms with Gasteiger partial charge in [0.05, 0.1) is 4.47 Å². The first kappa shape index (κ1) is 16.6. The van der Waals surface area contributed by atoms with E-state index in [0.717, 1.165) is 17.3 Å². The molecule has 2 aromatic rings. The second-order valence-electron chi connectivity index (χ2n) is 4.99. The quantitative estimate of drug-likeness (QED) is 0.815. The van der Waals surface area contributed by atoms with Crippen LogP contribution in [0.2, 0.25) is 0 Å². The minimum Gasteiger partial charge on any atom is -0.483 e. The smallest absolute Gasteiger partial charge is 0.257 e. The highest BCUT2D eigenvalue weighted by molar-refractivity contribution is 9.10. The van der Waals surface area contributed by atoms with Gasteiger partial charge in [0.25, 0.3) is 5.91 Å². The number of amides is 1. The summed E-state index contributed by atoms with van der Waals surface area (Å²) in [7, 11) is 0. The average Bonchev–Trinajstić information content (AvgIpc) is 2.54. The molecule has 0 unspecified atom stereocenters. The maximum Gasteiger partial charge on any atom is 0.257 e. The van der Waals surface area contributed by atoms with Crippen LogP contribution in [0.15, 0.2) is 53.0 Å². The third kappa shape index (κ3) is 5.19. The number of ether oxygens (including phenoxy) is 1. The molecule has 1 N–H and O–H groups in total. The molecule has 0 heterocycles. The largest absolute Gasteiger partial charge is 0.483 e. The third-order valence-corrected chi connectivity index (χ3v) is 3.96. The highest BCUT2D eigenvalue weighted by Gasteiger charge is 2.06. The van der Waals surface area contributed by atoms with Gasteiger partial charge >= 0.3 is 0 Å². The number of hydrogen-bond acceptors (Lipinski definition) is 2. The van der Waals surface area contributed by atoms with E-state index in [4.69, 9.17) is 4.74 Å². The topological polar surface area (TPSA) is 38.3 Å². The summed E-state index contributed by atoms with van der Waals surface area (Å²) in [6.07, 6.45) is 1.79. The van der Waals surface area contributed by atoms with Gasteiger partial charge in [-0.15, -0.1) is 0 Å². The van der Waals surface area contributed by atoms with E-state index in [9.17, 15) is 4.79 Å². The summed E-state index contributed by atoms with van der Waals surface area (Å²) in [6.45, 7) is 2.74. The minimum atomic E-state index is -0.109. The molecule has 0 spiro atoms. The second-order valence-corrected chi connectivity index (χ2v) is 5.85. The van der Waals surface area contributed by atoms with Crippen LogP contribution in [-0.4, -0.2) is 19.1 Å². The molecule has 4 heteroatoms. The van der Waals surface area contributed by atoms with Gasteiger partial charge < -0.3 is 10.1 Å². The van der Waals surface area contributed by atoms with Crippen molar-refractivity contribution in [3.05, 3.63) is 64.1 Å². The van der Waals surface area contributed by atoms with Crippen LogP contribution in [0.5, 0.6) is 5.75 Å². The lowest BCUT2D eigenvalue weighted by Crippen LogP contribution is -2.30. The van der Waals surface area contributed by atoms with E-state index in [-0.39, 0.29) is 12.5 Å². The van der Waals surface area contributed by atoms with Gasteiger partial charge in [0.2, 0.25) is 0 Å². The zero-order valence-corrected chi connectivity index (χ0v) is 14.2. The monoisotopic (exact) mass is 361 g/mol. The summed E-state index contributed by atoms with van der Waals surface area (Å²) in [6, 6.07) is 16.0. The van der Waals surface area contributed by atoms with Gasteiger partial charge in [-0.05, 0) is 52.0 Å². The van der Waals surface area contributed by atoms with Crippen LogP contribution in [-0.2, 0) is 17.6 Å². The number of halogens is 1. The summed E-state index contributed by atoms with van der Waals surface area (Å²) in [5.74, 6) is 0.581. The highest BCUT2D eigenvalue weighted by Crippen LogP contribution is 2.26. The standard InChI is InChI=1S/C18H20BrNO2/c1-2-14-8-9-17(16(19)12-14)22-13-18(21)20-11-10-15-6-4-3-5-7-15/h3-9,12H,2,10-11,13H2,1H3,(H,20,21). The van der Waals surface area contributed by atoms with E-state index in [0.29, 0.717) is 12.3 Å². The SMILES string of the molecule is CCc1ccc(OCC(=O)NCCc2ccccc2)c(Br)c1. The number of benzene rings is 2. The summed E-state index contributed by atoms with van der Waals surface area (Å²) in [5.41, 5.74) is 2.44. The van der Waals surface area contributed by atoms with Crippen molar-refractivity contribution >= 4 is 21.8 Å². The van der Waals surface area contributed by atoms with Crippen LogP contribution in [0.4, 0.5) is 0 Å². The molecule has 3 nitrogen and oxygen atoms in total. The van der Waals surface area contributed by atoms with Gasteiger partial charge in [-0.3, -0.25) is 4.79 Å². The lowest BCUT2D eigenvalue weighted by atomic mass is 10.1. The molecule has 0 saturated carbocycles. The molecule has 22 heavy (non-hydrogen) atoms. The number of carbonyl (C=O) groups excluding carboxylic acids is 1.